The minimum absolute atomic E-state index is 0.0303. The highest BCUT2D eigenvalue weighted by atomic mass is 16.5. The highest BCUT2D eigenvalue weighted by molar-refractivity contribution is 6.07. The molecule has 6 nitrogen and oxygen atoms in total. The van der Waals surface area contributed by atoms with Crippen LogP contribution in [0.3, 0.4) is 0 Å². The molecule has 2 heterocycles. The van der Waals surface area contributed by atoms with Crippen LogP contribution >= 0.6 is 0 Å². The summed E-state index contributed by atoms with van der Waals surface area (Å²) in [7, 11) is 3.10. The maximum atomic E-state index is 13.0. The molecule has 2 amide bonds. The Labute approximate surface area is 151 Å². The predicted molar refractivity (Wildman–Crippen MR) is 96.8 cm³/mol. The molecule has 0 radical (unpaired) electrons. The van der Waals surface area contributed by atoms with Crippen LogP contribution in [-0.2, 0) is 10.2 Å². The molecular weight excluding hydrogens is 332 g/mol. The molecule has 4 rings (SSSR count). The summed E-state index contributed by atoms with van der Waals surface area (Å²) in [6.07, 6.45) is 0.614. The molecule has 134 valence electrons. The lowest BCUT2D eigenvalue weighted by atomic mass is 9.81. The molecule has 0 bridgehead atoms. The standard InChI is InChI=1S/C20H20N2O4/c1-25-14-9-13(10-15(11-14)26-2)18(23)22-8-7-20(12-22)16-5-3-4-6-17(16)21-19(20)24/h3-6,9-11H,7-8,12H2,1-2H3,(H,21,24)/t20-/m0/s1. The number of ether oxygens (including phenoxy) is 2. The van der Waals surface area contributed by atoms with E-state index in [2.05, 4.69) is 5.32 Å². The zero-order valence-corrected chi connectivity index (χ0v) is 14.7. The van der Waals surface area contributed by atoms with E-state index in [9.17, 15) is 9.59 Å². The van der Waals surface area contributed by atoms with Crippen LogP contribution in [-0.4, -0.2) is 44.0 Å². The number of methoxy groups -OCH3 is 2. The van der Waals surface area contributed by atoms with Crippen molar-refractivity contribution in [2.45, 2.75) is 11.8 Å². The Balaban J connectivity index is 1.64. The van der Waals surface area contributed by atoms with Crippen LogP contribution in [0.15, 0.2) is 42.5 Å². The number of likely N-dealkylation sites (tertiary alicyclic amines) is 1. The van der Waals surface area contributed by atoms with Gasteiger partial charge in [0.05, 0.1) is 19.6 Å². The van der Waals surface area contributed by atoms with Crippen molar-refractivity contribution in [3.8, 4) is 11.5 Å². The van der Waals surface area contributed by atoms with E-state index in [4.69, 9.17) is 9.47 Å². The van der Waals surface area contributed by atoms with Crippen molar-refractivity contribution in [2.75, 3.05) is 32.6 Å². The van der Waals surface area contributed by atoms with Crippen LogP contribution in [0.1, 0.15) is 22.3 Å². The number of nitrogens with zero attached hydrogens (tertiary/aromatic N) is 1. The van der Waals surface area contributed by atoms with E-state index in [1.807, 2.05) is 24.3 Å². The van der Waals surface area contributed by atoms with E-state index in [-0.39, 0.29) is 11.8 Å². The van der Waals surface area contributed by atoms with Gasteiger partial charge in [-0.3, -0.25) is 9.59 Å². The third-order valence-electron chi connectivity index (χ3n) is 5.28. The van der Waals surface area contributed by atoms with Crippen molar-refractivity contribution in [1.29, 1.82) is 0 Å². The number of rotatable bonds is 3. The molecule has 2 aromatic rings. The van der Waals surface area contributed by atoms with E-state index in [1.54, 1.807) is 37.3 Å². The number of nitrogens with one attached hydrogen (secondary N) is 1. The second-order valence-electron chi connectivity index (χ2n) is 6.66. The first-order chi connectivity index (χ1) is 12.6. The molecule has 1 spiro atoms. The molecule has 0 aliphatic carbocycles. The lowest BCUT2D eigenvalue weighted by Gasteiger charge is -2.23. The summed E-state index contributed by atoms with van der Waals surface area (Å²) in [5.74, 6) is 0.963. The minimum Gasteiger partial charge on any atom is -0.497 e. The summed E-state index contributed by atoms with van der Waals surface area (Å²) < 4.78 is 10.5. The molecule has 1 atom stereocenters. The summed E-state index contributed by atoms with van der Waals surface area (Å²) in [5.41, 5.74) is 1.65. The minimum atomic E-state index is -0.658. The summed E-state index contributed by atoms with van der Waals surface area (Å²) in [5, 5.41) is 2.95. The van der Waals surface area contributed by atoms with E-state index >= 15 is 0 Å². The smallest absolute Gasteiger partial charge is 0.254 e. The molecule has 2 aliphatic rings. The van der Waals surface area contributed by atoms with Gasteiger partial charge in [0.15, 0.2) is 0 Å². The van der Waals surface area contributed by atoms with Crippen molar-refractivity contribution in [3.05, 3.63) is 53.6 Å². The number of benzene rings is 2. The van der Waals surface area contributed by atoms with Crippen LogP contribution in [0.4, 0.5) is 5.69 Å². The first-order valence-corrected chi connectivity index (χ1v) is 8.51. The molecule has 0 aromatic heterocycles. The van der Waals surface area contributed by atoms with Gasteiger partial charge >= 0.3 is 0 Å². The molecule has 1 N–H and O–H groups in total. The SMILES string of the molecule is COc1cc(OC)cc(C(=O)N2CC[C@@]3(C2)C(=O)Nc2ccccc23)c1. The number of hydrogen-bond donors (Lipinski definition) is 1. The first-order valence-electron chi connectivity index (χ1n) is 8.51. The number of amides is 2. The van der Waals surface area contributed by atoms with Gasteiger partial charge in [-0.15, -0.1) is 0 Å². The van der Waals surface area contributed by atoms with E-state index in [0.717, 1.165) is 11.3 Å². The van der Waals surface area contributed by atoms with Crippen molar-refractivity contribution >= 4 is 17.5 Å². The van der Waals surface area contributed by atoms with Gasteiger partial charge in [-0.1, -0.05) is 18.2 Å². The van der Waals surface area contributed by atoms with Gasteiger partial charge in [-0.2, -0.15) is 0 Å². The topological polar surface area (TPSA) is 67.9 Å². The van der Waals surface area contributed by atoms with Gasteiger partial charge < -0.3 is 19.7 Å². The number of carbonyl (C=O) groups is 2. The Morgan fingerprint density at radius 2 is 1.81 bits per heavy atom. The third kappa shape index (κ3) is 2.41. The average molecular weight is 352 g/mol. The van der Waals surface area contributed by atoms with Crippen LogP contribution in [0.25, 0.3) is 0 Å². The number of para-hydroxylation sites is 1. The summed E-state index contributed by atoms with van der Waals surface area (Å²) >= 11 is 0. The average Bonchev–Trinajstić information content (AvgIpc) is 3.24. The molecule has 2 aromatic carbocycles. The monoisotopic (exact) mass is 352 g/mol. The van der Waals surface area contributed by atoms with Gasteiger partial charge in [-0.05, 0) is 30.2 Å². The molecule has 2 aliphatic heterocycles. The van der Waals surface area contributed by atoms with Crippen LogP contribution in [0, 0.1) is 0 Å². The number of fused-ring (bicyclic) bond motifs is 2. The number of carbonyl (C=O) groups excluding carboxylic acids is 2. The van der Waals surface area contributed by atoms with Crippen molar-refractivity contribution < 1.29 is 19.1 Å². The fraction of sp³-hybridized carbons (Fsp3) is 0.300. The summed E-state index contributed by atoms with van der Waals surface area (Å²) in [6, 6.07) is 12.8. The summed E-state index contributed by atoms with van der Waals surface area (Å²) in [4.78, 5) is 27.4. The Morgan fingerprint density at radius 3 is 2.50 bits per heavy atom. The van der Waals surface area contributed by atoms with Gasteiger partial charge in [0.1, 0.15) is 11.5 Å². The van der Waals surface area contributed by atoms with Crippen LogP contribution < -0.4 is 14.8 Å². The van der Waals surface area contributed by atoms with Gasteiger partial charge in [0.2, 0.25) is 5.91 Å². The second kappa shape index (κ2) is 6.05. The van der Waals surface area contributed by atoms with E-state index in [0.29, 0.717) is 36.6 Å². The van der Waals surface area contributed by atoms with E-state index < -0.39 is 5.41 Å². The largest absolute Gasteiger partial charge is 0.497 e. The first kappa shape index (κ1) is 16.4. The van der Waals surface area contributed by atoms with Crippen LogP contribution in [0.2, 0.25) is 0 Å². The van der Waals surface area contributed by atoms with Crippen molar-refractivity contribution in [3.63, 3.8) is 0 Å². The Morgan fingerprint density at radius 1 is 1.12 bits per heavy atom. The zero-order valence-electron chi connectivity index (χ0n) is 14.7. The molecule has 26 heavy (non-hydrogen) atoms. The summed E-state index contributed by atoms with van der Waals surface area (Å²) in [6.45, 7) is 0.897. The Hall–Kier alpha value is -3.02. The normalized spacial score (nSPS) is 20.8. The number of anilines is 1. The fourth-order valence-corrected chi connectivity index (χ4v) is 3.88. The molecule has 0 saturated carbocycles. The highest BCUT2D eigenvalue weighted by Gasteiger charge is 2.52. The van der Waals surface area contributed by atoms with Gasteiger partial charge in [0.25, 0.3) is 5.91 Å². The molecule has 0 unspecified atom stereocenters. The second-order valence-corrected chi connectivity index (χ2v) is 6.66. The van der Waals surface area contributed by atoms with Crippen molar-refractivity contribution in [1.82, 2.24) is 4.90 Å². The third-order valence-corrected chi connectivity index (χ3v) is 5.28. The quantitative estimate of drug-likeness (QED) is 0.921. The molecular formula is C20H20N2O4. The number of hydrogen-bond acceptors (Lipinski definition) is 4. The molecule has 1 saturated heterocycles. The van der Waals surface area contributed by atoms with Crippen molar-refractivity contribution in [2.24, 2.45) is 0 Å². The maximum absolute atomic E-state index is 13.0. The van der Waals surface area contributed by atoms with E-state index in [1.165, 1.54) is 0 Å². The van der Waals surface area contributed by atoms with Gasteiger partial charge in [0, 0.05) is 30.4 Å². The fourth-order valence-electron chi connectivity index (χ4n) is 3.88. The van der Waals surface area contributed by atoms with Crippen LogP contribution in [0.5, 0.6) is 11.5 Å². The predicted octanol–water partition coefficient (Wildman–Crippen LogP) is 2.44. The van der Waals surface area contributed by atoms with Gasteiger partial charge in [-0.25, -0.2) is 0 Å². The Kier molecular flexibility index (Phi) is 3.83. The maximum Gasteiger partial charge on any atom is 0.254 e. The Bertz CT molecular complexity index is 873. The zero-order chi connectivity index (χ0) is 18.3. The molecule has 6 heteroatoms. The molecule has 1 fully saturated rings. The lowest BCUT2D eigenvalue weighted by molar-refractivity contribution is -0.120. The lowest BCUT2D eigenvalue weighted by Crippen LogP contribution is -2.39. The highest BCUT2D eigenvalue weighted by Crippen LogP contribution is 2.44.